The highest BCUT2D eigenvalue weighted by atomic mass is 32.1. The van der Waals surface area contributed by atoms with Crippen LogP contribution < -0.4 is 0 Å². The first kappa shape index (κ1) is 16.8. The first-order valence-electron chi connectivity index (χ1n) is 9.10. The molecule has 0 unspecified atom stereocenters. The van der Waals surface area contributed by atoms with E-state index in [2.05, 4.69) is 10.1 Å². The molecule has 0 saturated heterocycles. The number of hydrogen-bond acceptors (Lipinski definition) is 6. The van der Waals surface area contributed by atoms with Crippen molar-refractivity contribution in [2.45, 2.75) is 77.2 Å². The Labute approximate surface area is 151 Å². The van der Waals surface area contributed by atoms with Crippen molar-refractivity contribution in [3.63, 3.8) is 0 Å². The molecule has 2 aromatic heterocycles. The van der Waals surface area contributed by atoms with Crippen LogP contribution in [0.25, 0.3) is 11.5 Å². The van der Waals surface area contributed by atoms with Crippen molar-refractivity contribution < 1.29 is 14.1 Å². The Kier molecular flexibility index (Phi) is 4.18. The lowest BCUT2D eigenvalue weighted by Gasteiger charge is -2.19. The highest BCUT2D eigenvalue weighted by Gasteiger charge is 2.32. The molecule has 0 aromatic carbocycles. The lowest BCUT2D eigenvalue weighted by atomic mass is 9.94. The van der Waals surface area contributed by atoms with Gasteiger partial charge in [-0.05, 0) is 64.9 Å². The van der Waals surface area contributed by atoms with Crippen LogP contribution in [-0.4, -0.2) is 21.7 Å². The smallest absolute Gasteiger partial charge is 0.311 e. The van der Waals surface area contributed by atoms with Crippen LogP contribution in [-0.2, 0) is 28.8 Å². The standard InChI is InChI=1S/C19H24N2O3S/c1-19(2,3)23-15(22)10-14-16(12-6-4-5-7-13(12)25-14)18-20-17(21-24-18)11-8-9-11/h11H,4-10H2,1-3H3. The van der Waals surface area contributed by atoms with Crippen LogP contribution in [0.2, 0.25) is 0 Å². The predicted octanol–water partition coefficient (Wildman–Crippen LogP) is 4.44. The third kappa shape index (κ3) is 3.64. The summed E-state index contributed by atoms with van der Waals surface area (Å²) in [5, 5.41) is 4.17. The van der Waals surface area contributed by atoms with Crippen LogP contribution in [0.5, 0.6) is 0 Å². The lowest BCUT2D eigenvalue weighted by molar-refractivity contribution is -0.153. The zero-order valence-corrected chi connectivity index (χ0v) is 15.9. The number of hydrogen-bond donors (Lipinski definition) is 0. The molecule has 2 heterocycles. The Morgan fingerprint density at radius 2 is 2.04 bits per heavy atom. The van der Waals surface area contributed by atoms with Crippen LogP contribution in [0, 0.1) is 0 Å². The van der Waals surface area contributed by atoms with E-state index in [0.29, 0.717) is 11.8 Å². The van der Waals surface area contributed by atoms with Crippen LogP contribution in [0.3, 0.4) is 0 Å². The number of nitrogens with zero attached hydrogens (tertiary/aromatic N) is 2. The second kappa shape index (κ2) is 6.24. The summed E-state index contributed by atoms with van der Waals surface area (Å²) in [6.45, 7) is 5.68. The van der Waals surface area contributed by atoms with Gasteiger partial charge < -0.3 is 9.26 Å². The van der Waals surface area contributed by atoms with Crippen LogP contribution in [0.1, 0.15) is 73.5 Å². The van der Waals surface area contributed by atoms with Gasteiger partial charge in [-0.1, -0.05) is 5.16 Å². The van der Waals surface area contributed by atoms with Gasteiger partial charge in [-0.3, -0.25) is 4.79 Å². The van der Waals surface area contributed by atoms with Crippen molar-refractivity contribution in [1.82, 2.24) is 10.1 Å². The zero-order valence-electron chi connectivity index (χ0n) is 15.1. The molecule has 1 saturated carbocycles. The maximum Gasteiger partial charge on any atom is 0.311 e. The quantitative estimate of drug-likeness (QED) is 0.754. The summed E-state index contributed by atoms with van der Waals surface area (Å²) in [6, 6.07) is 0. The Bertz CT molecular complexity index is 796. The lowest BCUT2D eigenvalue weighted by Crippen LogP contribution is -2.24. The summed E-state index contributed by atoms with van der Waals surface area (Å²) in [5.74, 6) is 1.66. The summed E-state index contributed by atoms with van der Waals surface area (Å²) >= 11 is 1.72. The summed E-state index contributed by atoms with van der Waals surface area (Å²) in [7, 11) is 0. The van der Waals surface area contributed by atoms with E-state index in [9.17, 15) is 4.79 Å². The van der Waals surface area contributed by atoms with Crippen molar-refractivity contribution in [3.05, 3.63) is 21.1 Å². The van der Waals surface area contributed by atoms with E-state index in [1.807, 2.05) is 20.8 Å². The molecule has 2 aromatic rings. The number of carbonyl (C=O) groups is 1. The molecule has 0 atom stereocenters. The number of aryl methyl sites for hydroxylation is 1. The van der Waals surface area contributed by atoms with E-state index < -0.39 is 5.60 Å². The average molecular weight is 360 g/mol. The Hall–Kier alpha value is -1.69. The number of esters is 1. The van der Waals surface area contributed by atoms with E-state index in [-0.39, 0.29) is 12.4 Å². The molecule has 0 N–H and O–H groups in total. The number of carbonyl (C=O) groups excluding carboxylic acids is 1. The molecule has 0 bridgehead atoms. The maximum absolute atomic E-state index is 12.4. The molecule has 0 aliphatic heterocycles. The fourth-order valence-corrected chi connectivity index (χ4v) is 4.72. The Balaban J connectivity index is 1.67. The first-order chi connectivity index (χ1) is 11.9. The van der Waals surface area contributed by atoms with Crippen LogP contribution in [0.15, 0.2) is 4.52 Å². The van der Waals surface area contributed by atoms with E-state index in [0.717, 1.165) is 41.9 Å². The third-order valence-electron chi connectivity index (χ3n) is 4.57. The highest BCUT2D eigenvalue weighted by Crippen LogP contribution is 2.43. The fraction of sp³-hybridized carbons (Fsp3) is 0.632. The van der Waals surface area contributed by atoms with Crippen molar-refractivity contribution in [1.29, 1.82) is 0 Å². The molecule has 4 rings (SSSR count). The van der Waals surface area contributed by atoms with Gasteiger partial charge in [0.15, 0.2) is 5.82 Å². The van der Waals surface area contributed by atoms with E-state index in [4.69, 9.17) is 9.26 Å². The minimum Gasteiger partial charge on any atom is -0.460 e. The van der Waals surface area contributed by atoms with Crippen molar-refractivity contribution >= 4 is 17.3 Å². The SMILES string of the molecule is CC(C)(C)OC(=O)Cc1sc2c(c1-c1nc(C3CC3)no1)CCCC2. The average Bonchev–Trinajstić information content (AvgIpc) is 3.14. The summed E-state index contributed by atoms with van der Waals surface area (Å²) < 4.78 is 11.1. The molecule has 5 nitrogen and oxygen atoms in total. The van der Waals surface area contributed by atoms with Gasteiger partial charge in [0.1, 0.15) is 5.60 Å². The van der Waals surface area contributed by atoms with Crippen LogP contribution in [0.4, 0.5) is 0 Å². The molecule has 0 amide bonds. The van der Waals surface area contributed by atoms with Gasteiger partial charge in [0.25, 0.3) is 5.89 Å². The van der Waals surface area contributed by atoms with Crippen molar-refractivity contribution in [2.75, 3.05) is 0 Å². The molecule has 0 spiro atoms. The van der Waals surface area contributed by atoms with Crippen molar-refractivity contribution in [2.24, 2.45) is 0 Å². The predicted molar refractivity (Wildman–Crippen MR) is 95.8 cm³/mol. The molecule has 6 heteroatoms. The van der Waals surface area contributed by atoms with Gasteiger partial charge in [0, 0.05) is 15.7 Å². The first-order valence-corrected chi connectivity index (χ1v) is 9.91. The number of rotatable bonds is 4. The zero-order chi connectivity index (χ0) is 17.6. The molecule has 134 valence electrons. The van der Waals surface area contributed by atoms with E-state index >= 15 is 0 Å². The second-order valence-corrected chi connectivity index (χ2v) is 9.19. The topological polar surface area (TPSA) is 65.2 Å². The number of fused-ring (bicyclic) bond motifs is 1. The minimum absolute atomic E-state index is 0.200. The molecule has 2 aliphatic carbocycles. The van der Waals surface area contributed by atoms with Gasteiger partial charge in [-0.2, -0.15) is 4.98 Å². The summed E-state index contributed by atoms with van der Waals surface area (Å²) in [6.07, 6.45) is 7.03. The summed E-state index contributed by atoms with van der Waals surface area (Å²) in [4.78, 5) is 19.4. The number of ether oxygens (including phenoxy) is 1. The number of thiophene rings is 1. The number of aromatic nitrogens is 2. The fourth-order valence-electron chi connectivity index (χ4n) is 3.35. The molecule has 0 radical (unpaired) electrons. The monoisotopic (exact) mass is 360 g/mol. The van der Waals surface area contributed by atoms with Gasteiger partial charge in [-0.25, -0.2) is 0 Å². The van der Waals surface area contributed by atoms with Gasteiger partial charge >= 0.3 is 5.97 Å². The Morgan fingerprint density at radius 1 is 1.28 bits per heavy atom. The summed E-state index contributed by atoms with van der Waals surface area (Å²) in [5.41, 5.74) is 1.84. The minimum atomic E-state index is -0.474. The molecular weight excluding hydrogens is 336 g/mol. The van der Waals surface area contributed by atoms with Gasteiger partial charge in [0.05, 0.1) is 12.0 Å². The van der Waals surface area contributed by atoms with E-state index in [1.165, 1.54) is 23.3 Å². The van der Waals surface area contributed by atoms with Gasteiger partial charge in [0.2, 0.25) is 0 Å². The van der Waals surface area contributed by atoms with Crippen molar-refractivity contribution in [3.8, 4) is 11.5 Å². The largest absolute Gasteiger partial charge is 0.460 e. The molecular formula is C19H24N2O3S. The molecule has 25 heavy (non-hydrogen) atoms. The Morgan fingerprint density at radius 3 is 2.76 bits per heavy atom. The normalized spacial score (nSPS) is 17.4. The third-order valence-corrected chi connectivity index (χ3v) is 5.86. The van der Waals surface area contributed by atoms with Crippen LogP contribution >= 0.6 is 11.3 Å². The molecule has 2 aliphatic rings. The highest BCUT2D eigenvalue weighted by molar-refractivity contribution is 7.12. The van der Waals surface area contributed by atoms with Gasteiger partial charge in [-0.15, -0.1) is 11.3 Å². The van der Waals surface area contributed by atoms with E-state index in [1.54, 1.807) is 11.3 Å². The second-order valence-electron chi connectivity index (χ2n) is 8.00. The maximum atomic E-state index is 12.4. The molecule has 1 fully saturated rings.